The molecular formula is C15H15N3O2S. The Kier molecular flexibility index (Phi) is 3.84. The van der Waals surface area contributed by atoms with Crippen LogP contribution in [0.2, 0.25) is 0 Å². The summed E-state index contributed by atoms with van der Waals surface area (Å²) >= 11 is 1.68. The van der Waals surface area contributed by atoms with Crippen LogP contribution in [0.5, 0.6) is 0 Å². The topological polar surface area (TPSA) is 74.5 Å². The highest BCUT2D eigenvalue weighted by molar-refractivity contribution is 7.99. The van der Waals surface area contributed by atoms with E-state index in [0.717, 1.165) is 11.3 Å². The van der Waals surface area contributed by atoms with Crippen LogP contribution in [0.4, 0.5) is 0 Å². The third-order valence-corrected chi connectivity index (χ3v) is 4.88. The number of carbonyl (C=O) groups is 1. The molecule has 0 radical (unpaired) electrons. The van der Waals surface area contributed by atoms with Gasteiger partial charge < -0.3 is 10.2 Å². The fraction of sp³-hybridized carbons (Fsp3) is 0.400. The van der Waals surface area contributed by atoms with Gasteiger partial charge in [0.15, 0.2) is 6.10 Å². The van der Waals surface area contributed by atoms with Gasteiger partial charge in [-0.05, 0) is 17.7 Å². The van der Waals surface area contributed by atoms with Gasteiger partial charge >= 0.3 is 0 Å². The van der Waals surface area contributed by atoms with Gasteiger partial charge in [-0.2, -0.15) is 17.0 Å². The molecule has 6 heteroatoms. The zero-order valence-electron chi connectivity index (χ0n) is 11.4. The minimum atomic E-state index is -0.755. The first kappa shape index (κ1) is 14.0. The van der Waals surface area contributed by atoms with Crippen LogP contribution in [0.3, 0.4) is 0 Å². The van der Waals surface area contributed by atoms with Gasteiger partial charge in [-0.15, -0.1) is 0 Å². The van der Waals surface area contributed by atoms with E-state index in [0.29, 0.717) is 24.3 Å². The number of carbonyl (C=O) groups excluding carboxylic acids is 1. The van der Waals surface area contributed by atoms with Crippen molar-refractivity contribution in [2.75, 3.05) is 11.5 Å². The average molecular weight is 301 g/mol. The molecule has 2 atom stereocenters. The monoisotopic (exact) mass is 301 g/mol. The number of thioether (sulfide) groups is 1. The standard InChI is InChI=1S/C15H15N3O2S/c16-9-15(6-7-21-10-15)17-14(19)12-8-13(20-18-12)11-4-2-1-3-5-11/h1-5,13H,6-8,10H2,(H,17,19)/t13-,15-/m0/s1. The zero-order chi connectivity index (χ0) is 14.7. The minimum Gasteiger partial charge on any atom is -0.387 e. The minimum absolute atomic E-state index is 0.220. The Bertz CT molecular complexity index is 603. The average Bonchev–Trinajstić information content (AvgIpc) is 3.18. The van der Waals surface area contributed by atoms with Crippen LogP contribution < -0.4 is 5.32 Å². The highest BCUT2D eigenvalue weighted by atomic mass is 32.2. The molecule has 0 bridgehead atoms. The van der Waals surface area contributed by atoms with Gasteiger partial charge in [0, 0.05) is 12.2 Å². The van der Waals surface area contributed by atoms with Gasteiger partial charge in [0.05, 0.1) is 6.07 Å². The van der Waals surface area contributed by atoms with Crippen LogP contribution in [0.25, 0.3) is 0 Å². The molecule has 1 fully saturated rings. The number of benzene rings is 1. The number of nitrogens with one attached hydrogen (secondary N) is 1. The van der Waals surface area contributed by atoms with Crippen molar-refractivity contribution >= 4 is 23.4 Å². The summed E-state index contributed by atoms with van der Waals surface area (Å²) in [4.78, 5) is 17.6. The van der Waals surface area contributed by atoms with E-state index in [1.54, 1.807) is 11.8 Å². The highest BCUT2D eigenvalue weighted by Gasteiger charge is 2.38. The van der Waals surface area contributed by atoms with E-state index < -0.39 is 5.54 Å². The summed E-state index contributed by atoms with van der Waals surface area (Å²) in [7, 11) is 0. The summed E-state index contributed by atoms with van der Waals surface area (Å²) in [5.74, 6) is 1.23. The summed E-state index contributed by atoms with van der Waals surface area (Å²) < 4.78 is 0. The third kappa shape index (κ3) is 2.88. The van der Waals surface area contributed by atoms with E-state index in [9.17, 15) is 10.1 Å². The molecule has 0 unspecified atom stereocenters. The fourth-order valence-electron chi connectivity index (χ4n) is 2.43. The molecule has 21 heavy (non-hydrogen) atoms. The Labute approximate surface area is 127 Å². The van der Waals surface area contributed by atoms with Gasteiger partial charge in [0.2, 0.25) is 0 Å². The Morgan fingerprint density at radius 3 is 2.95 bits per heavy atom. The Morgan fingerprint density at radius 2 is 2.29 bits per heavy atom. The Hall–Kier alpha value is -2.00. The first-order valence-corrected chi connectivity index (χ1v) is 7.97. The molecule has 2 aliphatic heterocycles. The highest BCUT2D eigenvalue weighted by Crippen LogP contribution is 2.29. The summed E-state index contributed by atoms with van der Waals surface area (Å²) in [5.41, 5.74) is 0.598. The number of hydrogen-bond acceptors (Lipinski definition) is 5. The largest absolute Gasteiger partial charge is 0.387 e. The molecule has 0 saturated carbocycles. The first-order valence-electron chi connectivity index (χ1n) is 6.82. The van der Waals surface area contributed by atoms with Crippen molar-refractivity contribution in [2.45, 2.75) is 24.5 Å². The lowest BCUT2D eigenvalue weighted by atomic mass is 9.99. The van der Waals surface area contributed by atoms with E-state index in [1.807, 2.05) is 30.3 Å². The lowest BCUT2D eigenvalue weighted by Crippen LogP contribution is -2.49. The maximum atomic E-state index is 12.3. The van der Waals surface area contributed by atoms with Gasteiger partial charge in [-0.1, -0.05) is 35.5 Å². The van der Waals surface area contributed by atoms with Crippen LogP contribution in [-0.4, -0.2) is 28.7 Å². The van der Waals surface area contributed by atoms with Gasteiger partial charge in [0.1, 0.15) is 11.3 Å². The Morgan fingerprint density at radius 1 is 1.48 bits per heavy atom. The Balaban J connectivity index is 1.64. The molecule has 2 aliphatic rings. The molecule has 0 aromatic heterocycles. The smallest absolute Gasteiger partial charge is 0.270 e. The van der Waals surface area contributed by atoms with Crippen molar-refractivity contribution in [3.63, 3.8) is 0 Å². The first-order chi connectivity index (χ1) is 10.2. The number of nitriles is 1. The second-order valence-corrected chi connectivity index (χ2v) is 6.30. The van der Waals surface area contributed by atoms with E-state index >= 15 is 0 Å². The molecule has 108 valence electrons. The quantitative estimate of drug-likeness (QED) is 0.927. The summed E-state index contributed by atoms with van der Waals surface area (Å²) in [6.07, 6.45) is 0.892. The molecule has 1 aromatic rings. The molecule has 2 heterocycles. The van der Waals surface area contributed by atoms with Crippen LogP contribution in [0.1, 0.15) is 24.5 Å². The van der Waals surface area contributed by atoms with Gasteiger partial charge in [-0.25, -0.2) is 0 Å². The number of nitrogens with zero attached hydrogens (tertiary/aromatic N) is 2. The molecule has 1 N–H and O–H groups in total. The zero-order valence-corrected chi connectivity index (χ0v) is 12.2. The van der Waals surface area contributed by atoms with Crippen molar-refractivity contribution in [1.82, 2.24) is 5.32 Å². The summed E-state index contributed by atoms with van der Waals surface area (Å²) in [6, 6.07) is 11.9. The molecule has 3 rings (SSSR count). The van der Waals surface area contributed by atoms with Crippen LogP contribution in [0.15, 0.2) is 35.5 Å². The summed E-state index contributed by atoms with van der Waals surface area (Å²) in [6.45, 7) is 0. The summed E-state index contributed by atoms with van der Waals surface area (Å²) in [5, 5.41) is 16.0. The van der Waals surface area contributed by atoms with E-state index in [-0.39, 0.29) is 12.0 Å². The maximum absolute atomic E-state index is 12.3. The number of amides is 1. The van der Waals surface area contributed by atoms with E-state index in [2.05, 4.69) is 16.5 Å². The van der Waals surface area contributed by atoms with Crippen LogP contribution in [-0.2, 0) is 9.63 Å². The molecule has 1 saturated heterocycles. The molecule has 0 aliphatic carbocycles. The fourth-order valence-corrected chi connectivity index (χ4v) is 3.69. The SMILES string of the molecule is N#C[C@@]1(NC(=O)C2=NO[C@H](c3ccccc3)C2)CCSC1. The van der Waals surface area contributed by atoms with E-state index in [4.69, 9.17) is 4.84 Å². The number of hydrogen-bond donors (Lipinski definition) is 1. The van der Waals surface area contributed by atoms with Crippen molar-refractivity contribution in [3.05, 3.63) is 35.9 Å². The van der Waals surface area contributed by atoms with Crippen molar-refractivity contribution in [1.29, 1.82) is 5.26 Å². The van der Waals surface area contributed by atoms with Crippen molar-refractivity contribution < 1.29 is 9.63 Å². The lowest BCUT2D eigenvalue weighted by molar-refractivity contribution is -0.116. The third-order valence-electron chi connectivity index (χ3n) is 3.69. The van der Waals surface area contributed by atoms with E-state index in [1.165, 1.54) is 0 Å². The molecule has 1 aromatic carbocycles. The predicted octanol–water partition coefficient (Wildman–Crippen LogP) is 2.02. The van der Waals surface area contributed by atoms with Crippen molar-refractivity contribution in [3.8, 4) is 6.07 Å². The van der Waals surface area contributed by atoms with Crippen LogP contribution in [0, 0.1) is 11.3 Å². The molecule has 1 amide bonds. The lowest BCUT2D eigenvalue weighted by Gasteiger charge is -2.20. The molecular weight excluding hydrogens is 286 g/mol. The number of oxime groups is 1. The van der Waals surface area contributed by atoms with Crippen LogP contribution >= 0.6 is 11.8 Å². The van der Waals surface area contributed by atoms with Gasteiger partial charge in [0.25, 0.3) is 5.91 Å². The maximum Gasteiger partial charge on any atom is 0.270 e. The second-order valence-electron chi connectivity index (χ2n) is 5.20. The van der Waals surface area contributed by atoms with Gasteiger partial charge in [-0.3, -0.25) is 4.79 Å². The normalized spacial score (nSPS) is 27.6. The molecule has 0 spiro atoms. The van der Waals surface area contributed by atoms with Crippen molar-refractivity contribution in [2.24, 2.45) is 5.16 Å². The number of rotatable bonds is 3. The second kappa shape index (κ2) is 5.78. The molecule has 5 nitrogen and oxygen atoms in total. The predicted molar refractivity (Wildman–Crippen MR) is 80.7 cm³/mol.